The van der Waals surface area contributed by atoms with Gasteiger partial charge in [-0.1, -0.05) is 12.1 Å². The molecular weight excluding hydrogens is 330 g/mol. The Labute approximate surface area is 153 Å². The average molecular weight is 353 g/mol. The van der Waals surface area contributed by atoms with Crippen LogP contribution in [0.5, 0.6) is 11.5 Å². The number of amides is 1. The van der Waals surface area contributed by atoms with Crippen LogP contribution in [0.4, 0.5) is 5.69 Å². The Hall–Kier alpha value is -2.82. The standard InChI is InChI=1S/C21H23NO4/c1-15-6-5-7-18(12-15)25-11-4-3-10-22-19-13-17(16(2)23)8-9-20(19)26-14-21(22)24/h5-9,12-13H,3-4,10-11,14H2,1-2H3. The van der Waals surface area contributed by atoms with E-state index in [1.54, 1.807) is 23.1 Å². The Bertz CT molecular complexity index is 815. The molecule has 2 aromatic rings. The number of rotatable bonds is 7. The first kappa shape index (κ1) is 18.0. The molecule has 2 aromatic carbocycles. The molecule has 1 heterocycles. The van der Waals surface area contributed by atoms with Gasteiger partial charge in [-0.2, -0.15) is 0 Å². The number of hydrogen-bond acceptors (Lipinski definition) is 4. The molecule has 5 nitrogen and oxygen atoms in total. The van der Waals surface area contributed by atoms with Gasteiger partial charge in [-0.3, -0.25) is 9.59 Å². The Kier molecular flexibility index (Phi) is 5.56. The van der Waals surface area contributed by atoms with E-state index < -0.39 is 0 Å². The number of Topliss-reactive ketones (excluding diaryl/α,β-unsaturated/α-hetero) is 1. The largest absolute Gasteiger partial charge is 0.494 e. The van der Waals surface area contributed by atoms with Gasteiger partial charge in [0.05, 0.1) is 12.3 Å². The number of hydrogen-bond donors (Lipinski definition) is 0. The Balaban J connectivity index is 1.57. The molecule has 1 aliphatic rings. The van der Waals surface area contributed by atoms with Crippen LogP contribution >= 0.6 is 0 Å². The molecule has 0 spiro atoms. The Morgan fingerprint density at radius 3 is 2.81 bits per heavy atom. The van der Waals surface area contributed by atoms with Crippen molar-refractivity contribution in [1.29, 1.82) is 0 Å². The van der Waals surface area contributed by atoms with Gasteiger partial charge in [0.1, 0.15) is 11.5 Å². The lowest BCUT2D eigenvalue weighted by Crippen LogP contribution is -2.39. The predicted octanol–water partition coefficient (Wildman–Crippen LogP) is 3.78. The van der Waals surface area contributed by atoms with Gasteiger partial charge >= 0.3 is 0 Å². The summed E-state index contributed by atoms with van der Waals surface area (Å²) in [5, 5.41) is 0. The lowest BCUT2D eigenvalue weighted by molar-refractivity contribution is -0.121. The number of carbonyl (C=O) groups is 2. The molecule has 3 rings (SSSR count). The van der Waals surface area contributed by atoms with Crippen molar-refractivity contribution in [3.63, 3.8) is 0 Å². The highest BCUT2D eigenvalue weighted by molar-refractivity contribution is 6.01. The van der Waals surface area contributed by atoms with Crippen LogP contribution < -0.4 is 14.4 Å². The summed E-state index contributed by atoms with van der Waals surface area (Å²) in [6.07, 6.45) is 1.64. The quantitative estimate of drug-likeness (QED) is 0.561. The van der Waals surface area contributed by atoms with Gasteiger partial charge in [-0.15, -0.1) is 0 Å². The number of ketones is 1. The van der Waals surface area contributed by atoms with E-state index in [4.69, 9.17) is 9.47 Å². The zero-order chi connectivity index (χ0) is 18.5. The van der Waals surface area contributed by atoms with Gasteiger partial charge in [-0.25, -0.2) is 0 Å². The molecule has 1 aliphatic heterocycles. The summed E-state index contributed by atoms with van der Waals surface area (Å²) in [7, 11) is 0. The molecule has 136 valence electrons. The predicted molar refractivity (Wildman–Crippen MR) is 100 cm³/mol. The third-order valence-corrected chi connectivity index (χ3v) is 4.34. The van der Waals surface area contributed by atoms with E-state index in [2.05, 4.69) is 0 Å². The monoisotopic (exact) mass is 353 g/mol. The summed E-state index contributed by atoms with van der Waals surface area (Å²) in [5.74, 6) is 1.39. The van der Waals surface area contributed by atoms with E-state index >= 15 is 0 Å². The minimum Gasteiger partial charge on any atom is -0.494 e. The lowest BCUT2D eigenvalue weighted by Gasteiger charge is -2.29. The zero-order valence-corrected chi connectivity index (χ0v) is 15.2. The topological polar surface area (TPSA) is 55.8 Å². The fourth-order valence-corrected chi connectivity index (χ4v) is 2.93. The van der Waals surface area contributed by atoms with Crippen LogP contribution in [0.15, 0.2) is 42.5 Å². The molecule has 0 radical (unpaired) electrons. The molecule has 0 N–H and O–H groups in total. The molecule has 0 fully saturated rings. The molecule has 0 saturated carbocycles. The van der Waals surface area contributed by atoms with E-state index in [0.717, 1.165) is 18.6 Å². The lowest BCUT2D eigenvalue weighted by atomic mass is 10.1. The first-order chi connectivity index (χ1) is 12.5. The SMILES string of the molecule is CC(=O)c1ccc2c(c1)N(CCCCOc1cccc(C)c1)C(=O)CO2. The van der Waals surface area contributed by atoms with Gasteiger partial charge in [0.2, 0.25) is 0 Å². The number of anilines is 1. The second-order valence-corrected chi connectivity index (χ2v) is 6.44. The van der Waals surface area contributed by atoms with Crippen molar-refractivity contribution in [1.82, 2.24) is 0 Å². The number of aryl methyl sites for hydroxylation is 1. The minimum atomic E-state index is -0.0854. The van der Waals surface area contributed by atoms with Gasteiger partial charge < -0.3 is 14.4 Å². The number of unbranched alkanes of at least 4 members (excludes halogenated alkanes) is 1. The zero-order valence-electron chi connectivity index (χ0n) is 15.2. The van der Waals surface area contributed by atoms with Gasteiger partial charge in [0.25, 0.3) is 5.91 Å². The van der Waals surface area contributed by atoms with E-state index in [9.17, 15) is 9.59 Å². The normalized spacial score (nSPS) is 13.2. The van der Waals surface area contributed by atoms with E-state index in [1.165, 1.54) is 12.5 Å². The number of fused-ring (bicyclic) bond motifs is 1. The van der Waals surface area contributed by atoms with Crippen molar-refractivity contribution in [2.24, 2.45) is 0 Å². The molecule has 0 saturated heterocycles. The molecule has 0 atom stereocenters. The van der Waals surface area contributed by atoms with Crippen LogP contribution in [-0.2, 0) is 4.79 Å². The third kappa shape index (κ3) is 4.23. The maximum absolute atomic E-state index is 12.2. The molecule has 0 aromatic heterocycles. The van der Waals surface area contributed by atoms with Crippen LogP contribution in [0.2, 0.25) is 0 Å². The summed E-state index contributed by atoms with van der Waals surface area (Å²) >= 11 is 0. The van der Waals surface area contributed by atoms with E-state index in [0.29, 0.717) is 30.2 Å². The summed E-state index contributed by atoms with van der Waals surface area (Å²) in [6.45, 7) is 4.76. The molecule has 0 unspecified atom stereocenters. The first-order valence-electron chi connectivity index (χ1n) is 8.82. The van der Waals surface area contributed by atoms with Crippen LogP contribution in [0.3, 0.4) is 0 Å². The second kappa shape index (κ2) is 8.04. The van der Waals surface area contributed by atoms with E-state index in [1.807, 2.05) is 31.2 Å². The number of ether oxygens (including phenoxy) is 2. The number of carbonyl (C=O) groups excluding carboxylic acids is 2. The number of benzene rings is 2. The van der Waals surface area contributed by atoms with Crippen LogP contribution in [-0.4, -0.2) is 31.4 Å². The van der Waals surface area contributed by atoms with Crippen molar-refractivity contribution in [2.75, 3.05) is 24.7 Å². The van der Waals surface area contributed by atoms with Gasteiger partial charge in [-0.05, 0) is 62.6 Å². The van der Waals surface area contributed by atoms with Crippen LogP contribution in [0, 0.1) is 6.92 Å². The van der Waals surface area contributed by atoms with Gasteiger partial charge in [0, 0.05) is 12.1 Å². The summed E-state index contributed by atoms with van der Waals surface area (Å²) < 4.78 is 11.2. The van der Waals surface area contributed by atoms with Crippen molar-refractivity contribution < 1.29 is 19.1 Å². The molecule has 0 aliphatic carbocycles. The maximum Gasteiger partial charge on any atom is 0.265 e. The second-order valence-electron chi connectivity index (χ2n) is 6.44. The van der Waals surface area contributed by atoms with E-state index in [-0.39, 0.29) is 18.3 Å². The van der Waals surface area contributed by atoms with Crippen LogP contribution in [0.1, 0.15) is 35.7 Å². The highest BCUT2D eigenvalue weighted by Crippen LogP contribution is 2.33. The van der Waals surface area contributed by atoms with Crippen LogP contribution in [0.25, 0.3) is 0 Å². The fraction of sp³-hybridized carbons (Fsp3) is 0.333. The van der Waals surface area contributed by atoms with Crippen molar-refractivity contribution >= 4 is 17.4 Å². The summed E-state index contributed by atoms with van der Waals surface area (Å²) in [5.41, 5.74) is 2.42. The average Bonchev–Trinajstić information content (AvgIpc) is 2.62. The van der Waals surface area contributed by atoms with Crippen molar-refractivity contribution in [3.8, 4) is 11.5 Å². The Morgan fingerprint density at radius 2 is 2.04 bits per heavy atom. The smallest absolute Gasteiger partial charge is 0.265 e. The maximum atomic E-state index is 12.2. The highest BCUT2D eigenvalue weighted by atomic mass is 16.5. The molecule has 1 amide bonds. The highest BCUT2D eigenvalue weighted by Gasteiger charge is 2.25. The van der Waals surface area contributed by atoms with Gasteiger partial charge in [0.15, 0.2) is 12.4 Å². The summed E-state index contributed by atoms with van der Waals surface area (Å²) in [6, 6.07) is 13.2. The minimum absolute atomic E-state index is 0.0303. The summed E-state index contributed by atoms with van der Waals surface area (Å²) in [4.78, 5) is 25.6. The Morgan fingerprint density at radius 1 is 1.19 bits per heavy atom. The fourth-order valence-electron chi connectivity index (χ4n) is 2.93. The van der Waals surface area contributed by atoms with Crippen molar-refractivity contribution in [3.05, 3.63) is 53.6 Å². The third-order valence-electron chi connectivity index (χ3n) is 4.34. The van der Waals surface area contributed by atoms with Crippen molar-refractivity contribution in [2.45, 2.75) is 26.7 Å². The molecule has 5 heteroatoms. The molecule has 0 bridgehead atoms. The number of nitrogens with zero attached hydrogens (tertiary/aromatic N) is 1. The first-order valence-corrected chi connectivity index (χ1v) is 8.82. The molecular formula is C21H23NO4. The molecule has 26 heavy (non-hydrogen) atoms.